The summed E-state index contributed by atoms with van der Waals surface area (Å²) in [4.78, 5) is 21.7. The Morgan fingerprint density at radius 2 is 1.80 bits per heavy atom. The van der Waals surface area contributed by atoms with E-state index in [2.05, 4.69) is 33.1 Å². The normalized spacial score (nSPS) is 10.7. The van der Waals surface area contributed by atoms with E-state index < -0.39 is 5.97 Å². The first-order chi connectivity index (χ1) is 9.58. The number of rotatable bonds is 8. The number of amides is 1. The average molecular weight is 388 g/mol. The van der Waals surface area contributed by atoms with Gasteiger partial charge in [0.05, 0.1) is 6.21 Å². The Labute approximate surface area is 131 Å². The number of carbonyl (C=O) groups is 2. The van der Waals surface area contributed by atoms with Crippen molar-refractivity contribution in [2.24, 2.45) is 5.10 Å². The minimum absolute atomic E-state index is 0.151. The SMILES string of the molecule is O=C(O)CCCCCC(=O)N/N=C/c1ccc(I)cc1. The van der Waals surface area contributed by atoms with E-state index in [4.69, 9.17) is 5.11 Å². The zero-order chi connectivity index (χ0) is 14.8. The molecule has 0 aliphatic heterocycles. The summed E-state index contributed by atoms with van der Waals surface area (Å²) in [5.74, 6) is -0.946. The third-order valence-electron chi connectivity index (χ3n) is 2.57. The maximum absolute atomic E-state index is 11.4. The van der Waals surface area contributed by atoms with Gasteiger partial charge in [-0.2, -0.15) is 5.10 Å². The number of hydrogen-bond donors (Lipinski definition) is 2. The highest BCUT2D eigenvalue weighted by atomic mass is 127. The predicted molar refractivity (Wildman–Crippen MR) is 85.6 cm³/mol. The molecule has 0 unspecified atom stereocenters. The van der Waals surface area contributed by atoms with Crippen LogP contribution in [0.25, 0.3) is 0 Å². The average Bonchev–Trinajstić information content (AvgIpc) is 2.40. The summed E-state index contributed by atoms with van der Waals surface area (Å²) in [7, 11) is 0. The van der Waals surface area contributed by atoms with Gasteiger partial charge in [-0.05, 0) is 53.1 Å². The molecule has 6 heteroatoms. The molecule has 1 amide bonds. The quantitative estimate of drug-likeness (QED) is 0.311. The summed E-state index contributed by atoms with van der Waals surface area (Å²) >= 11 is 2.22. The second kappa shape index (κ2) is 9.46. The molecule has 1 rings (SSSR count). The number of carbonyl (C=O) groups excluding carboxylic acids is 1. The fraction of sp³-hybridized carbons (Fsp3) is 0.357. The molecule has 108 valence electrons. The molecule has 0 aromatic heterocycles. The molecule has 20 heavy (non-hydrogen) atoms. The summed E-state index contributed by atoms with van der Waals surface area (Å²) in [6.45, 7) is 0. The van der Waals surface area contributed by atoms with Crippen molar-refractivity contribution in [1.82, 2.24) is 5.43 Å². The van der Waals surface area contributed by atoms with Crippen LogP contribution in [0.3, 0.4) is 0 Å². The zero-order valence-electron chi connectivity index (χ0n) is 11.0. The lowest BCUT2D eigenvalue weighted by molar-refractivity contribution is -0.137. The molecule has 5 nitrogen and oxygen atoms in total. The lowest BCUT2D eigenvalue weighted by atomic mass is 10.1. The minimum atomic E-state index is -0.795. The van der Waals surface area contributed by atoms with Crippen LogP contribution in [-0.4, -0.2) is 23.2 Å². The molecule has 2 N–H and O–H groups in total. The van der Waals surface area contributed by atoms with Gasteiger partial charge in [-0.3, -0.25) is 9.59 Å². The number of benzene rings is 1. The summed E-state index contributed by atoms with van der Waals surface area (Å²) < 4.78 is 1.14. The molecule has 1 aromatic carbocycles. The highest BCUT2D eigenvalue weighted by Crippen LogP contribution is 2.05. The first-order valence-corrected chi connectivity index (χ1v) is 7.45. The van der Waals surface area contributed by atoms with E-state index in [9.17, 15) is 9.59 Å². The first kappa shape index (κ1) is 16.6. The highest BCUT2D eigenvalue weighted by Gasteiger charge is 2.01. The van der Waals surface area contributed by atoms with Crippen molar-refractivity contribution in [3.63, 3.8) is 0 Å². The molecule has 0 heterocycles. The van der Waals surface area contributed by atoms with Crippen LogP contribution in [0.5, 0.6) is 0 Å². The number of hydrogen-bond acceptors (Lipinski definition) is 3. The van der Waals surface area contributed by atoms with E-state index in [1.165, 1.54) is 0 Å². The fourth-order valence-electron chi connectivity index (χ4n) is 1.52. The molecular formula is C14H17IN2O3. The van der Waals surface area contributed by atoms with Crippen LogP contribution in [0.2, 0.25) is 0 Å². The number of halogens is 1. The number of hydrazone groups is 1. The van der Waals surface area contributed by atoms with Crippen LogP contribution in [0, 0.1) is 3.57 Å². The van der Waals surface area contributed by atoms with Crippen LogP contribution < -0.4 is 5.43 Å². The Morgan fingerprint density at radius 3 is 2.45 bits per heavy atom. The van der Waals surface area contributed by atoms with Gasteiger partial charge in [0.25, 0.3) is 0 Å². The van der Waals surface area contributed by atoms with E-state index >= 15 is 0 Å². The highest BCUT2D eigenvalue weighted by molar-refractivity contribution is 14.1. The lowest BCUT2D eigenvalue weighted by Crippen LogP contribution is -2.16. The summed E-state index contributed by atoms with van der Waals surface area (Å²) in [6.07, 6.45) is 4.14. The monoisotopic (exact) mass is 388 g/mol. The maximum Gasteiger partial charge on any atom is 0.303 e. The van der Waals surface area contributed by atoms with Gasteiger partial charge in [0.1, 0.15) is 0 Å². The van der Waals surface area contributed by atoms with Gasteiger partial charge in [0.2, 0.25) is 5.91 Å². The Balaban J connectivity index is 2.16. The Morgan fingerprint density at radius 1 is 1.15 bits per heavy atom. The Hall–Kier alpha value is -1.44. The van der Waals surface area contributed by atoms with Crippen LogP contribution >= 0.6 is 22.6 Å². The second-order valence-electron chi connectivity index (χ2n) is 4.30. The smallest absolute Gasteiger partial charge is 0.303 e. The van der Waals surface area contributed by atoms with Crippen LogP contribution in [0.1, 0.15) is 37.7 Å². The van der Waals surface area contributed by atoms with E-state index in [-0.39, 0.29) is 12.3 Å². The molecule has 0 aliphatic carbocycles. The largest absolute Gasteiger partial charge is 0.481 e. The van der Waals surface area contributed by atoms with Crippen molar-refractivity contribution in [3.05, 3.63) is 33.4 Å². The molecule has 0 atom stereocenters. The van der Waals surface area contributed by atoms with Crippen molar-refractivity contribution < 1.29 is 14.7 Å². The van der Waals surface area contributed by atoms with Gasteiger partial charge in [-0.25, -0.2) is 5.43 Å². The molecule has 0 saturated carbocycles. The third-order valence-corrected chi connectivity index (χ3v) is 3.29. The van der Waals surface area contributed by atoms with Crippen LogP contribution in [0.15, 0.2) is 29.4 Å². The van der Waals surface area contributed by atoms with Gasteiger partial charge in [-0.15, -0.1) is 0 Å². The third kappa shape index (κ3) is 7.88. The molecular weight excluding hydrogens is 371 g/mol. The summed E-state index contributed by atoms with van der Waals surface area (Å²) in [6, 6.07) is 7.77. The van der Waals surface area contributed by atoms with E-state index in [1.807, 2.05) is 24.3 Å². The van der Waals surface area contributed by atoms with Crippen molar-refractivity contribution >= 4 is 40.7 Å². The van der Waals surface area contributed by atoms with E-state index in [0.29, 0.717) is 19.3 Å². The number of aliphatic carboxylic acids is 1. The Kier molecular flexibility index (Phi) is 7.86. The number of nitrogens with zero attached hydrogens (tertiary/aromatic N) is 1. The van der Waals surface area contributed by atoms with Crippen molar-refractivity contribution in [1.29, 1.82) is 0 Å². The van der Waals surface area contributed by atoms with Gasteiger partial charge in [-0.1, -0.05) is 18.6 Å². The van der Waals surface area contributed by atoms with Crippen molar-refractivity contribution in [3.8, 4) is 0 Å². The number of carboxylic acid groups (broad SMARTS) is 1. The van der Waals surface area contributed by atoms with Crippen molar-refractivity contribution in [2.75, 3.05) is 0 Å². The van der Waals surface area contributed by atoms with Crippen LogP contribution in [-0.2, 0) is 9.59 Å². The topological polar surface area (TPSA) is 78.8 Å². The summed E-state index contributed by atoms with van der Waals surface area (Å²) in [5, 5.41) is 12.3. The number of nitrogens with one attached hydrogen (secondary N) is 1. The number of unbranched alkanes of at least 4 members (excludes halogenated alkanes) is 2. The van der Waals surface area contributed by atoms with Gasteiger partial charge >= 0.3 is 5.97 Å². The van der Waals surface area contributed by atoms with Crippen LogP contribution in [0.4, 0.5) is 0 Å². The standard InChI is InChI=1S/C14H17IN2O3/c15-12-8-6-11(7-9-12)10-16-17-13(18)4-2-1-3-5-14(19)20/h6-10H,1-5H2,(H,17,18)(H,19,20)/b16-10+. The molecule has 1 aromatic rings. The lowest BCUT2D eigenvalue weighted by Gasteiger charge is -1.99. The molecule has 0 aliphatic rings. The van der Waals surface area contributed by atoms with Crippen molar-refractivity contribution in [2.45, 2.75) is 32.1 Å². The van der Waals surface area contributed by atoms with Gasteiger partial charge < -0.3 is 5.11 Å². The molecule has 0 spiro atoms. The zero-order valence-corrected chi connectivity index (χ0v) is 13.2. The molecule has 0 bridgehead atoms. The minimum Gasteiger partial charge on any atom is -0.481 e. The predicted octanol–water partition coefficient (Wildman–Crippen LogP) is 2.78. The molecule has 0 radical (unpaired) electrons. The fourth-order valence-corrected chi connectivity index (χ4v) is 1.88. The van der Waals surface area contributed by atoms with Gasteiger partial charge in [0, 0.05) is 16.4 Å². The van der Waals surface area contributed by atoms with E-state index in [1.54, 1.807) is 6.21 Å². The number of carboxylic acids is 1. The van der Waals surface area contributed by atoms with E-state index in [0.717, 1.165) is 15.6 Å². The van der Waals surface area contributed by atoms with Gasteiger partial charge in [0.15, 0.2) is 0 Å². The maximum atomic E-state index is 11.4. The Bertz CT molecular complexity index is 472. The molecule has 0 fully saturated rings. The first-order valence-electron chi connectivity index (χ1n) is 6.37. The summed E-state index contributed by atoms with van der Waals surface area (Å²) in [5.41, 5.74) is 3.38. The second-order valence-corrected chi connectivity index (χ2v) is 5.54. The molecule has 0 saturated heterocycles.